The van der Waals surface area contributed by atoms with Crippen molar-refractivity contribution in [3.05, 3.63) is 46.1 Å². The van der Waals surface area contributed by atoms with Gasteiger partial charge in [0.1, 0.15) is 21.3 Å². The molecule has 0 spiro atoms. The molecule has 1 aromatic carbocycles. The first kappa shape index (κ1) is 20.7. The quantitative estimate of drug-likeness (QED) is 0.568. The van der Waals surface area contributed by atoms with Crippen LogP contribution in [-0.2, 0) is 16.0 Å². The predicted octanol–water partition coefficient (Wildman–Crippen LogP) is 4.10. The monoisotopic (exact) mass is 412 g/mol. The lowest BCUT2D eigenvalue weighted by Crippen LogP contribution is -2.23. The van der Waals surface area contributed by atoms with Crippen LogP contribution in [0.15, 0.2) is 24.3 Å². The first-order valence-electron chi connectivity index (χ1n) is 9.51. The lowest BCUT2D eigenvalue weighted by molar-refractivity contribution is -0.114. The van der Waals surface area contributed by atoms with Gasteiger partial charge < -0.3 is 15.4 Å². The highest BCUT2D eigenvalue weighted by Gasteiger charge is 2.21. The zero-order valence-corrected chi connectivity index (χ0v) is 17.8. The number of thiophene rings is 1. The topological polar surface area (TPSA) is 93.2 Å². The van der Waals surface area contributed by atoms with Crippen molar-refractivity contribution < 1.29 is 14.3 Å². The predicted molar refractivity (Wildman–Crippen MR) is 116 cm³/mol. The van der Waals surface area contributed by atoms with Gasteiger partial charge in [0.2, 0.25) is 5.91 Å². The molecule has 0 bridgehead atoms. The lowest BCUT2D eigenvalue weighted by atomic mass is 10.1. The number of hydrogen-bond acceptors (Lipinski definition) is 7. The largest absolute Gasteiger partial charge is 0.462 e. The van der Waals surface area contributed by atoms with Crippen LogP contribution in [0.25, 0.3) is 10.2 Å². The van der Waals surface area contributed by atoms with Crippen molar-refractivity contribution in [2.24, 2.45) is 0 Å². The summed E-state index contributed by atoms with van der Waals surface area (Å²) in [5.74, 6) is 0.559. The van der Waals surface area contributed by atoms with Crippen LogP contribution >= 0.6 is 11.3 Å². The smallest absolute Gasteiger partial charge is 0.348 e. The molecule has 152 valence electrons. The Labute approximate surface area is 173 Å². The van der Waals surface area contributed by atoms with Gasteiger partial charge in [-0.05, 0) is 44.4 Å². The summed E-state index contributed by atoms with van der Waals surface area (Å²) in [6.07, 6.45) is 0.834. The van der Waals surface area contributed by atoms with Crippen LogP contribution in [0.5, 0.6) is 0 Å². The standard InChI is InChI=1S/C21H24N4O3S/c1-5-14-9-7-8-10-15(14)25-16(26)11-22-19-17-12(3)18(21(27)28-6-2)29-20(17)24-13(4)23-19/h7-10H,5-6,11H2,1-4H3,(H,25,26)(H,22,23,24). The minimum atomic E-state index is -0.370. The van der Waals surface area contributed by atoms with Crippen LogP contribution in [0.1, 0.15) is 40.5 Å². The van der Waals surface area contributed by atoms with E-state index < -0.39 is 0 Å². The van der Waals surface area contributed by atoms with Gasteiger partial charge >= 0.3 is 5.97 Å². The average molecular weight is 413 g/mol. The number of para-hydroxylation sites is 1. The number of carbonyl (C=O) groups is 2. The molecule has 2 aromatic heterocycles. The van der Waals surface area contributed by atoms with Crippen molar-refractivity contribution >= 4 is 44.9 Å². The van der Waals surface area contributed by atoms with Crippen molar-refractivity contribution in [3.63, 3.8) is 0 Å². The third-order valence-corrected chi connectivity index (χ3v) is 5.62. The third kappa shape index (κ3) is 4.54. The van der Waals surface area contributed by atoms with Crippen molar-refractivity contribution in [1.29, 1.82) is 0 Å². The number of esters is 1. The number of nitrogens with zero attached hydrogens (tertiary/aromatic N) is 2. The summed E-state index contributed by atoms with van der Waals surface area (Å²) in [5.41, 5.74) is 2.64. The Morgan fingerprint density at radius 3 is 2.62 bits per heavy atom. The molecule has 3 rings (SSSR count). The maximum Gasteiger partial charge on any atom is 0.348 e. The number of hydrogen-bond donors (Lipinski definition) is 2. The molecule has 0 saturated carbocycles. The Kier molecular flexibility index (Phi) is 6.43. The molecule has 0 unspecified atom stereocenters. The number of rotatable bonds is 7. The van der Waals surface area contributed by atoms with E-state index in [2.05, 4.69) is 20.6 Å². The second-order valence-corrected chi connectivity index (χ2v) is 7.49. The number of ether oxygens (including phenoxy) is 1. The number of aromatic nitrogens is 2. The first-order chi connectivity index (χ1) is 13.9. The maximum absolute atomic E-state index is 12.5. The minimum Gasteiger partial charge on any atom is -0.462 e. The van der Waals surface area contributed by atoms with E-state index in [1.807, 2.05) is 38.1 Å². The summed E-state index contributed by atoms with van der Waals surface area (Å²) in [6, 6.07) is 7.73. The summed E-state index contributed by atoms with van der Waals surface area (Å²) in [6.45, 7) is 7.79. The van der Waals surface area contributed by atoms with Crippen LogP contribution in [-0.4, -0.2) is 35.0 Å². The van der Waals surface area contributed by atoms with Crippen LogP contribution in [0.2, 0.25) is 0 Å². The Morgan fingerprint density at radius 2 is 1.90 bits per heavy atom. The molecular weight excluding hydrogens is 388 g/mol. The van der Waals surface area contributed by atoms with E-state index in [1.54, 1.807) is 13.8 Å². The molecule has 2 heterocycles. The molecule has 0 fully saturated rings. The number of anilines is 2. The van der Waals surface area contributed by atoms with Crippen LogP contribution in [0.3, 0.4) is 0 Å². The van der Waals surface area contributed by atoms with Gasteiger partial charge in [-0.3, -0.25) is 4.79 Å². The molecular formula is C21H24N4O3S. The van der Waals surface area contributed by atoms with Gasteiger partial charge in [-0.2, -0.15) is 0 Å². The zero-order chi connectivity index (χ0) is 21.0. The fraction of sp³-hybridized carbons (Fsp3) is 0.333. The molecule has 29 heavy (non-hydrogen) atoms. The molecule has 0 aliphatic heterocycles. The van der Waals surface area contributed by atoms with Gasteiger partial charge in [-0.25, -0.2) is 14.8 Å². The third-order valence-electron chi connectivity index (χ3n) is 4.45. The summed E-state index contributed by atoms with van der Waals surface area (Å²) < 4.78 is 5.13. The van der Waals surface area contributed by atoms with E-state index >= 15 is 0 Å². The van der Waals surface area contributed by atoms with E-state index in [9.17, 15) is 9.59 Å². The number of nitrogens with one attached hydrogen (secondary N) is 2. The Morgan fingerprint density at radius 1 is 1.14 bits per heavy atom. The summed E-state index contributed by atoms with van der Waals surface area (Å²) in [7, 11) is 0. The number of carbonyl (C=O) groups excluding carboxylic acids is 2. The number of aryl methyl sites for hydroxylation is 3. The highest BCUT2D eigenvalue weighted by molar-refractivity contribution is 7.20. The van der Waals surface area contributed by atoms with Gasteiger partial charge in [-0.1, -0.05) is 25.1 Å². The summed E-state index contributed by atoms with van der Waals surface area (Å²) in [5, 5.41) is 6.78. The van der Waals surface area contributed by atoms with Crippen LogP contribution in [0, 0.1) is 13.8 Å². The van der Waals surface area contributed by atoms with E-state index in [4.69, 9.17) is 4.74 Å². The minimum absolute atomic E-state index is 0.0492. The fourth-order valence-electron chi connectivity index (χ4n) is 3.07. The Balaban J connectivity index is 1.82. The average Bonchev–Trinajstić information content (AvgIpc) is 3.03. The first-order valence-corrected chi connectivity index (χ1v) is 10.3. The molecule has 7 nitrogen and oxygen atoms in total. The lowest BCUT2D eigenvalue weighted by Gasteiger charge is -2.11. The molecule has 0 aliphatic carbocycles. The van der Waals surface area contributed by atoms with Crippen molar-refractivity contribution in [3.8, 4) is 0 Å². The number of amides is 1. The molecule has 3 aromatic rings. The van der Waals surface area contributed by atoms with Gasteiger partial charge in [0.05, 0.1) is 18.5 Å². The molecule has 2 N–H and O–H groups in total. The Bertz CT molecular complexity index is 1060. The van der Waals surface area contributed by atoms with Crippen molar-refractivity contribution in [1.82, 2.24) is 9.97 Å². The number of fused-ring (bicyclic) bond motifs is 1. The molecule has 8 heteroatoms. The Hall–Kier alpha value is -3.00. The van der Waals surface area contributed by atoms with E-state index in [-0.39, 0.29) is 18.4 Å². The second kappa shape index (κ2) is 9.00. The summed E-state index contributed by atoms with van der Waals surface area (Å²) in [4.78, 5) is 34.8. The van der Waals surface area contributed by atoms with Gasteiger partial charge in [0.15, 0.2) is 0 Å². The zero-order valence-electron chi connectivity index (χ0n) is 17.0. The highest BCUT2D eigenvalue weighted by atomic mass is 32.1. The molecule has 1 amide bonds. The van der Waals surface area contributed by atoms with E-state index in [0.717, 1.165) is 28.6 Å². The van der Waals surface area contributed by atoms with E-state index in [0.29, 0.717) is 28.0 Å². The van der Waals surface area contributed by atoms with Gasteiger partial charge in [0.25, 0.3) is 0 Å². The summed E-state index contributed by atoms with van der Waals surface area (Å²) >= 11 is 1.28. The van der Waals surface area contributed by atoms with Gasteiger partial charge in [-0.15, -0.1) is 11.3 Å². The molecule has 0 saturated heterocycles. The maximum atomic E-state index is 12.5. The fourth-order valence-corrected chi connectivity index (χ4v) is 4.19. The van der Waals surface area contributed by atoms with Crippen LogP contribution in [0.4, 0.5) is 11.5 Å². The van der Waals surface area contributed by atoms with Crippen molar-refractivity contribution in [2.75, 3.05) is 23.8 Å². The number of benzene rings is 1. The second-order valence-electron chi connectivity index (χ2n) is 6.49. The SMILES string of the molecule is CCOC(=O)c1sc2nc(C)nc(NCC(=O)Nc3ccccc3CC)c2c1C. The van der Waals surface area contributed by atoms with E-state index in [1.165, 1.54) is 11.3 Å². The van der Waals surface area contributed by atoms with Gasteiger partial charge in [0, 0.05) is 5.69 Å². The normalized spacial score (nSPS) is 10.8. The van der Waals surface area contributed by atoms with Crippen LogP contribution < -0.4 is 10.6 Å². The molecule has 0 radical (unpaired) electrons. The highest BCUT2D eigenvalue weighted by Crippen LogP contribution is 2.34. The molecule has 0 atom stereocenters. The molecule has 0 aliphatic rings. The van der Waals surface area contributed by atoms with Crippen molar-refractivity contribution in [2.45, 2.75) is 34.1 Å².